The first-order chi connectivity index (χ1) is 21.9. The van der Waals surface area contributed by atoms with Crippen molar-refractivity contribution in [3.05, 3.63) is 139 Å². The quantitative estimate of drug-likeness (QED) is 0.152. The van der Waals surface area contributed by atoms with Gasteiger partial charge in [0, 0.05) is 5.56 Å². The fourth-order valence-corrected chi connectivity index (χ4v) is 4.25. The molecule has 12 heteroatoms. The van der Waals surface area contributed by atoms with E-state index in [0.717, 1.165) is 22.9 Å². The third-order valence-electron chi connectivity index (χ3n) is 6.30. The number of hydrogen-bond donors (Lipinski definition) is 0. The molecule has 0 fully saturated rings. The van der Waals surface area contributed by atoms with E-state index >= 15 is 0 Å². The number of hydrogen-bond acceptors (Lipinski definition) is 9. The Kier molecular flexibility index (Phi) is 8.45. The van der Waals surface area contributed by atoms with Crippen molar-refractivity contribution >= 4 is 22.4 Å². The first-order valence-corrected chi connectivity index (χ1v) is 13.6. The molecule has 0 aliphatic heterocycles. The second kappa shape index (κ2) is 13.1. The number of para-hydroxylation sites is 2. The van der Waals surface area contributed by atoms with Crippen LogP contribution in [0, 0.1) is 0 Å². The molecule has 1 unspecified atom stereocenters. The third-order valence-corrected chi connectivity index (χ3v) is 6.30. The highest BCUT2D eigenvalue weighted by atomic mass is 19.4. The van der Waals surface area contributed by atoms with Crippen molar-refractivity contribution in [2.24, 2.45) is 20.5 Å². The van der Waals surface area contributed by atoms with Crippen molar-refractivity contribution in [1.82, 2.24) is 15.0 Å². The Balaban J connectivity index is 1.39. The Hall–Kier alpha value is -6.04. The zero-order valence-electron chi connectivity index (χ0n) is 23.3. The summed E-state index contributed by atoms with van der Waals surface area (Å²) in [4.78, 5) is 12.8. The van der Waals surface area contributed by atoms with Gasteiger partial charge in [0.05, 0.1) is 11.3 Å². The highest BCUT2D eigenvalue weighted by Crippen LogP contribution is 2.34. The van der Waals surface area contributed by atoms with E-state index in [1.54, 1.807) is 54.6 Å². The predicted molar refractivity (Wildman–Crippen MR) is 160 cm³/mol. The summed E-state index contributed by atoms with van der Waals surface area (Å²) in [5.41, 5.74) is -0.227. The number of benzene rings is 5. The van der Waals surface area contributed by atoms with Crippen molar-refractivity contribution in [1.29, 1.82) is 0 Å². The molecule has 1 heterocycles. The highest BCUT2D eigenvalue weighted by Gasteiger charge is 2.30. The molecule has 45 heavy (non-hydrogen) atoms. The van der Waals surface area contributed by atoms with Gasteiger partial charge in [0.1, 0.15) is 11.5 Å². The van der Waals surface area contributed by atoms with Gasteiger partial charge in [-0.25, -0.2) is 0 Å². The predicted octanol–water partition coefficient (Wildman–Crippen LogP) is 10.2. The summed E-state index contributed by atoms with van der Waals surface area (Å²) in [7, 11) is 0. The summed E-state index contributed by atoms with van der Waals surface area (Å²) in [6.45, 7) is 0. The number of azo groups is 2. The van der Waals surface area contributed by atoms with Gasteiger partial charge in [-0.3, -0.25) is 0 Å². The molecule has 0 aliphatic carbocycles. The van der Waals surface area contributed by atoms with E-state index < -0.39 is 17.9 Å². The van der Waals surface area contributed by atoms with E-state index in [4.69, 9.17) is 9.47 Å². The Bertz CT molecular complexity index is 1910. The van der Waals surface area contributed by atoms with E-state index in [-0.39, 0.29) is 23.7 Å². The topological polar surface area (TPSA) is 107 Å². The number of halogens is 3. The summed E-state index contributed by atoms with van der Waals surface area (Å²) in [5.74, 6) is 0.794. The SMILES string of the molecule is FC(F)(F)c1cccc(N=NC(N=Nc2nc(Oc3ccccc3)nc(Oc3ccccc3)n2)c2cccc3ccccc23)c1. The molecule has 0 amide bonds. The summed E-state index contributed by atoms with van der Waals surface area (Å²) in [6, 6.07) is 35.2. The Morgan fingerprint density at radius 2 is 1.16 bits per heavy atom. The highest BCUT2D eigenvalue weighted by molar-refractivity contribution is 5.86. The van der Waals surface area contributed by atoms with Gasteiger partial charge in [-0.15, -0.1) is 10.1 Å². The van der Waals surface area contributed by atoms with E-state index in [1.165, 1.54) is 12.1 Å². The van der Waals surface area contributed by atoms with Crippen molar-refractivity contribution in [3.63, 3.8) is 0 Å². The summed E-state index contributed by atoms with van der Waals surface area (Å²) in [6.07, 6.45) is -5.60. The maximum Gasteiger partial charge on any atom is 0.416 e. The molecule has 0 saturated heterocycles. The van der Waals surface area contributed by atoms with Crippen LogP contribution in [0.4, 0.5) is 24.8 Å². The molecule has 0 aliphatic rings. The average molecular weight is 606 g/mol. The van der Waals surface area contributed by atoms with Crippen LogP contribution in [-0.2, 0) is 6.18 Å². The molecule has 9 nitrogen and oxygen atoms in total. The molecule has 1 aromatic heterocycles. The van der Waals surface area contributed by atoms with Crippen molar-refractivity contribution in [3.8, 4) is 23.5 Å². The largest absolute Gasteiger partial charge is 0.424 e. The molecule has 6 aromatic rings. The number of rotatable bonds is 9. The van der Waals surface area contributed by atoms with E-state index in [1.807, 2.05) is 48.5 Å². The third kappa shape index (κ3) is 7.49. The van der Waals surface area contributed by atoms with Gasteiger partial charge in [0.15, 0.2) is 0 Å². The number of aromatic nitrogens is 3. The smallest absolute Gasteiger partial charge is 0.416 e. The monoisotopic (exact) mass is 605 g/mol. The lowest BCUT2D eigenvalue weighted by Crippen LogP contribution is -2.03. The zero-order chi connectivity index (χ0) is 31.1. The second-order valence-electron chi connectivity index (χ2n) is 9.45. The van der Waals surface area contributed by atoms with Crippen LogP contribution < -0.4 is 9.47 Å². The van der Waals surface area contributed by atoms with Gasteiger partial charge in [-0.2, -0.15) is 38.5 Å². The van der Waals surface area contributed by atoms with Crippen LogP contribution >= 0.6 is 0 Å². The average Bonchev–Trinajstić information content (AvgIpc) is 3.05. The molecule has 0 spiro atoms. The zero-order valence-corrected chi connectivity index (χ0v) is 23.3. The van der Waals surface area contributed by atoms with Gasteiger partial charge in [-0.1, -0.05) is 84.9 Å². The fraction of sp³-hybridized carbons (Fsp3) is 0.0606. The van der Waals surface area contributed by atoms with Crippen molar-refractivity contribution in [2.75, 3.05) is 0 Å². The Morgan fingerprint density at radius 1 is 0.578 bits per heavy atom. The fourth-order valence-electron chi connectivity index (χ4n) is 4.25. The van der Waals surface area contributed by atoms with Crippen LogP contribution in [0.5, 0.6) is 23.5 Å². The molecule has 1 atom stereocenters. The summed E-state index contributed by atoms with van der Waals surface area (Å²) in [5, 5.41) is 18.7. The van der Waals surface area contributed by atoms with Crippen LogP contribution in [0.2, 0.25) is 0 Å². The lowest BCUT2D eigenvalue weighted by molar-refractivity contribution is -0.137. The number of fused-ring (bicyclic) bond motifs is 1. The maximum absolute atomic E-state index is 13.3. The Morgan fingerprint density at radius 3 is 1.82 bits per heavy atom. The van der Waals surface area contributed by atoms with Gasteiger partial charge >= 0.3 is 18.2 Å². The number of nitrogens with zero attached hydrogens (tertiary/aromatic N) is 7. The molecule has 5 aromatic carbocycles. The lowest BCUT2D eigenvalue weighted by atomic mass is 10.0. The molecule has 0 saturated carbocycles. The minimum atomic E-state index is -4.53. The van der Waals surface area contributed by atoms with Gasteiger partial charge < -0.3 is 9.47 Å². The lowest BCUT2D eigenvalue weighted by Gasteiger charge is -2.10. The summed E-state index contributed by atoms with van der Waals surface area (Å²) >= 11 is 0. The molecule has 0 N–H and O–H groups in total. The minimum Gasteiger partial charge on any atom is -0.424 e. The van der Waals surface area contributed by atoms with E-state index in [9.17, 15) is 13.2 Å². The normalized spacial score (nSPS) is 12.5. The van der Waals surface area contributed by atoms with E-state index in [2.05, 4.69) is 35.4 Å². The van der Waals surface area contributed by atoms with Crippen molar-refractivity contribution < 1.29 is 22.6 Å². The minimum absolute atomic E-state index is 0.00233. The maximum atomic E-state index is 13.3. The number of ether oxygens (including phenoxy) is 2. The second-order valence-corrected chi connectivity index (χ2v) is 9.45. The molecule has 0 radical (unpaired) electrons. The molecular weight excluding hydrogens is 583 g/mol. The van der Waals surface area contributed by atoms with Crippen molar-refractivity contribution in [2.45, 2.75) is 12.3 Å². The molecule has 0 bridgehead atoms. The van der Waals surface area contributed by atoms with Crippen LogP contribution in [0.15, 0.2) is 148 Å². The standard InChI is InChI=1S/C33H22F3N7O2/c34-33(35,36)23-13-10-14-24(21-23)40-41-29(28-20-9-12-22-11-7-8-19-27(22)28)42-43-30-37-31(44-25-15-3-1-4-16-25)39-32(38-30)45-26-17-5-2-6-18-26/h1-21,29H. The number of alkyl halides is 3. The van der Waals surface area contributed by atoms with Crippen LogP contribution in [0.25, 0.3) is 10.8 Å². The molecule has 222 valence electrons. The van der Waals surface area contributed by atoms with Gasteiger partial charge in [-0.05, 0) is 53.2 Å². The molecular formula is C33H22F3N7O2. The molecule has 6 rings (SSSR count). The van der Waals surface area contributed by atoms with Gasteiger partial charge in [0.25, 0.3) is 5.95 Å². The van der Waals surface area contributed by atoms with E-state index in [0.29, 0.717) is 17.1 Å². The Labute approximate surface area is 254 Å². The summed E-state index contributed by atoms with van der Waals surface area (Å²) < 4.78 is 51.6. The van der Waals surface area contributed by atoms with Crippen LogP contribution in [0.1, 0.15) is 17.3 Å². The first kappa shape index (κ1) is 29.1. The van der Waals surface area contributed by atoms with Crippen LogP contribution in [-0.4, -0.2) is 15.0 Å². The van der Waals surface area contributed by atoms with Crippen LogP contribution in [0.3, 0.4) is 0 Å². The van der Waals surface area contributed by atoms with Gasteiger partial charge in [0.2, 0.25) is 6.17 Å². The first-order valence-electron chi connectivity index (χ1n) is 13.6.